The summed E-state index contributed by atoms with van der Waals surface area (Å²) in [5.74, 6) is -0.800. The Hall–Kier alpha value is -4.19. The summed E-state index contributed by atoms with van der Waals surface area (Å²) in [5.41, 5.74) is 9.93. The van der Waals surface area contributed by atoms with E-state index in [0.717, 1.165) is 42.5 Å². The van der Waals surface area contributed by atoms with E-state index < -0.39 is 11.9 Å². The van der Waals surface area contributed by atoms with Crippen molar-refractivity contribution in [3.63, 3.8) is 0 Å². The number of halogens is 1. The fraction of sp³-hybridized carbons (Fsp3) is 0.367. The minimum atomic E-state index is -0.613. The number of rotatable bonds is 7. The van der Waals surface area contributed by atoms with Crippen LogP contribution < -0.4 is 5.73 Å². The van der Waals surface area contributed by atoms with Gasteiger partial charge >= 0.3 is 5.97 Å². The summed E-state index contributed by atoms with van der Waals surface area (Å²) in [5, 5.41) is 28.4. The zero-order chi connectivity index (χ0) is 29.3. The number of hydrogen-bond donors (Lipinski definition) is 1. The minimum Gasteiger partial charge on any atom is -0.461 e. The van der Waals surface area contributed by atoms with E-state index in [9.17, 15) is 19.7 Å². The molecule has 1 atom stereocenters. The molecule has 41 heavy (non-hydrogen) atoms. The van der Waals surface area contributed by atoms with E-state index in [0.29, 0.717) is 20.9 Å². The van der Waals surface area contributed by atoms with Gasteiger partial charge in [-0.2, -0.15) is 20.7 Å². The molecule has 0 amide bonds. The molecule has 1 saturated carbocycles. The molecule has 1 aromatic carbocycles. The molecule has 0 spiro atoms. The van der Waals surface area contributed by atoms with Crippen LogP contribution in [0.5, 0.6) is 0 Å². The van der Waals surface area contributed by atoms with Crippen LogP contribution in [0.2, 0.25) is 0 Å². The predicted molar refractivity (Wildman–Crippen MR) is 151 cm³/mol. The van der Waals surface area contributed by atoms with Crippen LogP contribution in [0, 0.1) is 41.3 Å². The Balaban J connectivity index is 1.41. The van der Waals surface area contributed by atoms with Crippen molar-refractivity contribution in [1.82, 2.24) is 19.4 Å². The van der Waals surface area contributed by atoms with Gasteiger partial charge in [-0.05, 0) is 62.8 Å². The molecule has 5 rings (SSSR count). The molecule has 0 bridgehead atoms. The normalized spacial score (nSPS) is 17.8. The smallest absolute Gasteiger partial charge is 0.323 e. The number of esters is 1. The standard InChI is InChI=1S/C30H30FN7O2S/c1-17(2)28(34)30(39)40-24-7-5-23(6-8-24)38-18(3)25(15-36-38)20-11-27(29-21(13-33)14-35-37(29)16-20)41-26-9-4-22(31)10-19(26)12-32/h4,9-11,14-17,23-24,28H,5-8,34H2,1-3H3/t23-,24-,28-/m1/s1. The SMILES string of the molecule is Cc1c(-c2cc(Sc3ccc(F)cc3C#N)c3c(C#N)cnn3c2)cnn1[C@H]1CC[C@H](OC(=O)[C@H](N)C(C)C)CC1. The second-order valence-electron chi connectivity index (χ2n) is 10.6. The Kier molecular flexibility index (Phi) is 8.11. The molecule has 1 aliphatic rings. The van der Waals surface area contributed by atoms with Crippen molar-refractivity contribution in [3.05, 3.63) is 65.5 Å². The van der Waals surface area contributed by atoms with Crippen molar-refractivity contribution in [3.8, 4) is 23.3 Å². The lowest BCUT2D eigenvalue weighted by molar-refractivity contribution is -0.153. The zero-order valence-corrected chi connectivity index (χ0v) is 23.9. The highest BCUT2D eigenvalue weighted by molar-refractivity contribution is 7.99. The van der Waals surface area contributed by atoms with Crippen LogP contribution >= 0.6 is 11.8 Å². The molecule has 0 radical (unpaired) electrons. The lowest BCUT2D eigenvalue weighted by Gasteiger charge is -2.30. The number of pyridine rings is 1. The Morgan fingerprint density at radius 3 is 2.51 bits per heavy atom. The molecule has 3 heterocycles. The summed E-state index contributed by atoms with van der Waals surface area (Å²) in [7, 11) is 0. The number of carbonyl (C=O) groups excluding carboxylic acids is 1. The van der Waals surface area contributed by atoms with Gasteiger partial charge in [-0.3, -0.25) is 9.48 Å². The van der Waals surface area contributed by atoms with Crippen molar-refractivity contribution in [2.75, 3.05) is 0 Å². The maximum Gasteiger partial charge on any atom is 0.323 e. The minimum absolute atomic E-state index is 0.0273. The van der Waals surface area contributed by atoms with E-state index >= 15 is 0 Å². The molecule has 0 unspecified atom stereocenters. The molecular weight excluding hydrogens is 541 g/mol. The topological polar surface area (TPSA) is 135 Å². The maximum atomic E-state index is 13.8. The number of hydrogen-bond acceptors (Lipinski definition) is 8. The van der Waals surface area contributed by atoms with Crippen LogP contribution in [0.3, 0.4) is 0 Å². The van der Waals surface area contributed by atoms with Crippen molar-refractivity contribution in [1.29, 1.82) is 10.5 Å². The van der Waals surface area contributed by atoms with Crippen molar-refractivity contribution >= 4 is 23.2 Å². The third-order valence-electron chi connectivity index (χ3n) is 7.60. The van der Waals surface area contributed by atoms with Crippen molar-refractivity contribution < 1.29 is 13.9 Å². The number of nitriles is 2. The number of fused-ring (bicyclic) bond motifs is 1. The van der Waals surface area contributed by atoms with Gasteiger partial charge in [-0.25, -0.2) is 8.91 Å². The van der Waals surface area contributed by atoms with Crippen LogP contribution in [0.4, 0.5) is 4.39 Å². The van der Waals surface area contributed by atoms with Crippen molar-refractivity contribution in [2.45, 2.75) is 74.4 Å². The Morgan fingerprint density at radius 2 is 1.83 bits per heavy atom. The summed E-state index contributed by atoms with van der Waals surface area (Å²) >= 11 is 1.29. The molecule has 4 aromatic rings. The molecule has 0 saturated heterocycles. The van der Waals surface area contributed by atoms with Gasteiger partial charge in [-0.15, -0.1) is 0 Å². The number of benzene rings is 1. The van der Waals surface area contributed by atoms with E-state index in [2.05, 4.69) is 17.2 Å². The summed E-state index contributed by atoms with van der Waals surface area (Å²) < 4.78 is 23.1. The molecule has 2 N–H and O–H groups in total. The lowest BCUT2D eigenvalue weighted by atomic mass is 9.92. The first-order chi connectivity index (χ1) is 19.7. The molecule has 11 heteroatoms. The van der Waals surface area contributed by atoms with Crippen LogP contribution in [-0.2, 0) is 9.53 Å². The summed E-state index contributed by atoms with van der Waals surface area (Å²) in [6.45, 7) is 5.83. The lowest BCUT2D eigenvalue weighted by Crippen LogP contribution is -2.39. The first-order valence-corrected chi connectivity index (χ1v) is 14.3. The molecule has 210 valence electrons. The van der Waals surface area contributed by atoms with Gasteiger partial charge in [0.1, 0.15) is 30.1 Å². The van der Waals surface area contributed by atoms with E-state index in [4.69, 9.17) is 15.6 Å². The van der Waals surface area contributed by atoms with Crippen LogP contribution in [0.25, 0.3) is 16.6 Å². The van der Waals surface area contributed by atoms with Crippen LogP contribution in [0.1, 0.15) is 62.4 Å². The third kappa shape index (κ3) is 5.69. The monoisotopic (exact) mass is 571 g/mol. The van der Waals surface area contributed by atoms with E-state index in [1.807, 2.05) is 43.9 Å². The van der Waals surface area contributed by atoms with Gasteiger partial charge in [0.05, 0.1) is 35.1 Å². The predicted octanol–water partition coefficient (Wildman–Crippen LogP) is 5.55. The maximum absolute atomic E-state index is 13.8. The molecule has 0 aliphatic heterocycles. The van der Waals surface area contributed by atoms with Crippen LogP contribution in [0.15, 0.2) is 52.6 Å². The molecule has 1 fully saturated rings. The first-order valence-electron chi connectivity index (χ1n) is 13.5. The van der Waals surface area contributed by atoms with Gasteiger partial charge < -0.3 is 10.5 Å². The molecule has 3 aromatic heterocycles. The zero-order valence-electron chi connectivity index (χ0n) is 23.0. The quantitative estimate of drug-likeness (QED) is 0.285. The number of carbonyl (C=O) groups is 1. The molecular formula is C30H30FN7O2S. The van der Waals surface area contributed by atoms with Gasteiger partial charge in [0.2, 0.25) is 0 Å². The number of nitrogens with zero attached hydrogens (tertiary/aromatic N) is 6. The number of aromatic nitrogens is 4. The van der Waals surface area contributed by atoms with Crippen molar-refractivity contribution in [2.24, 2.45) is 11.7 Å². The fourth-order valence-electron chi connectivity index (χ4n) is 5.19. The highest BCUT2D eigenvalue weighted by atomic mass is 32.2. The second kappa shape index (κ2) is 11.7. The number of ether oxygens (including phenoxy) is 1. The van der Waals surface area contributed by atoms with Gasteiger partial charge in [0.15, 0.2) is 0 Å². The first kappa shape index (κ1) is 28.3. The van der Waals surface area contributed by atoms with Gasteiger partial charge in [0, 0.05) is 32.8 Å². The largest absolute Gasteiger partial charge is 0.461 e. The summed E-state index contributed by atoms with van der Waals surface area (Å²) in [6, 6.07) is 9.82. The molecule has 9 nitrogen and oxygen atoms in total. The van der Waals surface area contributed by atoms with E-state index in [1.54, 1.807) is 10.6 Å². The summed E-state index contributed by atoms with van der Waals surface area (Å²) in [4.78, 5) is 13.6. The number of nitrogens with two attached hydrogens (primary N) is 1. The Bertz CT molecular complexity index is 1690. The van der Waals surface area contributed by atoms with E-state index in [1.165, 1.54) is 30.1 Å². The van der Waals surface area contributed by atoms with Crippen LogP contribution in [-0.4, -0.2) is 37.5 Å². The second-order valence-corrected chi connectivity index (χ2v) is 11.7. The average molecular weight is 572 g/mol. The van der Waals surface area contributed by atoms with E-state index in [-0.39, 0.29) is 29.6 Å². The van der Waals surface area contributed by atoms with Gasteiger partial charge in [0.25, 0.3) is 0 Å². The average Bonchev–Trinajstić information content (AvgIpc) is 3.57. The molecule has 1 aliphatic carbocycles. The summed E-state index contributed by atoms with van der Waals surface area (Å²) in [6.07, 6.45) is 8.18. The Labute approximate surface area is 241 Å². The highest BCUT2D eigenvalue weighted by Gasteiger charge is 2.29. The highest BCUT2D eigenvalue weighted by Crippen LogP contribution is 2.39. The fourth-order valence-corrected chi connectivity index (χ4v) is 6.26. The van der Waals surface area contributed by atoms with Gasteiger partial charge in [-0.1, -0.05) is 25.6 Å². The third-order valence-corrected chi connectivity index (χ3v) is 8.70. The Morgan fingerprint density at radius 1 is 1.10 bits per heavy atom.